The molecule has 0 spiro atoms. The molecule has 2 rings (SSSR count). The SMILES string of the molecule is CCNC(=NCCS(C)(=O)=O)N1CCN(c2ncc(Br)c(OC)n2)CC1.I. The fourth-order valence-electron chi connectivity index (χ4n) is 2.50. The van der Waals surface area contributed by atoms with E-state index in [-0.39, 0.29) is 36.3 Å². The molecule has 0 unspecified atom stereocenters. The number of guanidine groups is 1. The summed E-state index contributed by atoms with van der Waals surface area (Å²) in [5.41, 5.74) is 0. The Kier molecular flexibility index (Phi) is 10.0. The Hall–Kier alpha value is -0.890. The molecule has 1 aromatic rings. The summed E-state index contributed by atoms with van der Waals surface area (Å²) in [6.45, 7) is 5.94. The zero-order valence-electron chi connectivity index (χ0n) is 15.7. The van der Waals surface area contributed by atoms with Crippen LogP contribution in [0.15, 0.2) is 15.7 Å². The van der Waals surface area contributed by atoms with E-state index < -0.39 is 9.84 Å². The number of methoxy groups -OCH3 is 1. The third-order valence-electron chi connectivity index (χ3n) is 3.81. The van der Waals surface area contributed by atoms with Gasteiger partial charge in [-0.05, 0) is 22.9 Å². The number of piperazine rings is 1. The normalized spacial score (nSPS) is 15.3. The number of anilines is 1. The van der Waals surface area contributed by atoms with Crippen molar-refractivity contribution in [1.29, 1.82) is 0 Å². The van der Waals surface area contributed by atoms with Gasteiger partial charge in [0.15, 0.2) is 5.96 Å². The average Bonchev–Trinajstić information content (AvgIpc) is 2.61. The Labute approximate surface area is 186 Å². The first-order valence-electron chi connectivity index (χ1n) is 8.36. The smallest absolute Gasteiger partial charge is 0.232 e. The highest BCUT2D eigenvalue weighted by Gasteiger charge is 2.22. The maximum absolute atomic E-state index is 11.3. The van der Waals surface area contributed by atoms with Crippen molar-refractivity contribution < 1.29 is 13.2 Å². The zero-order chi connectivity index (χ0) is 19.2. The molecule has 12 heteroatoms. The third-order valence-corrected chi connectivity index (χ3v) is 5.28. The summed E-state index contributed by atoms with van der Waals surface area (Å²) in [6, 6.07) is 0. The minimum absolute atomic E-state index is 0. The molecule has 1 N–H and O–H groups in total. The van der Waals surface area contributed by atoms with E-state index in [4.69, 9.17) is 4.74 Å². The van der Waals surface area contributed by atoms with E-state index in [0.29, 0.717) is 11.8 Å². The van der Waals surface area contributed by atoms with E-state index in [1.165, 1.54) is 6.26 Å². The predicted octanol–water partition coefficient (Wildman–Crippen LogP) is 0.998. The van der Waals surface area contributed by atoms with E-state index in [1.54, 1.807) is 13.3 Å². The van der Waals surface area contributed by atoms with Crippen molar-refractivity contribution >= 4 is 61.7 Å². The molecule has 0 aromatic carbocycles. The number of aliphatic imine (C=N–C) groups is 1. The highest BCUT2D eigenvalue weighted by atomic mass is 127. The molecule has 0 bridgehead atoms. The lowest BCUT2D eigenvalue weighted by molar-refractivity contribution is 0.366. The van der Waals surface area contributed by atoms with Gasteiger partial charge in [0.2, 0.25) is 11.8 Å². The number of sulfone groups is 1. The van der Waals surface area contributed by atoms with Crippen molar-refractivity contribution in [2.24, 2.45) is 4.99 Å². The Balaban J connectivity index is 0.00000364. The van der Waals surface area contributed by atoms with E-state index in [9.17, 15) is 8.42 Å². The van der Waals surface area contributed by atoms with Crippen LogP contribution in [0.1, 0.15) is 6.92 Å². The molecule has 154 valence electrons. The monoisotopic (exact) mass is 576 g/mol. The molecule has 0 aliphatic carbocycles. The highest BCUT2D eigenvalue weighted by molar-refractivity contribution is 14.0. The van der Waals surface area contributed by atoms with Gasteiger partial charge in [0.1, 0.15) is 9.84 Å². The number of nitrogens with zero attached hydrogens (tertiary/aromatic N) is 5. The van der Waals surface area contributed by atoms with E-state index in [1.807, 2.05) is 6.92 Å². The van der Waals surface area contributed by atoms with Crippen LogP contribution in [0, 0.1) is 0 Å². The number of halogens is 2. The molecule has 0 saturated carbocycles. The molecule has 1 fully saturated rings. The summed E-state index contributed by atoms with van der Waals surface area (Å²) >= 11 is 3.35. The number of aromatic nitrogens is 2. The Morgan fingerprint density at radius 1 is 1.37 bits per heavy atom. The van der Waals surface area contributed by atoms with Crippen molar-refractivity contribution in [3.63, 3.8) is 0 Å². The van der Waals surface area contributed by atoms with Crippen molar-refractivity contribution in [1.82, 2.24) is 20.2 Å². The van der Waals surface area contributed by atoms with Crippen LogP contribution in [0.5, 0.6) is 5.88 Å². The minimum Gasteiger partial charge on any atom is -0.480 e. The first-order chi connectivity index (χ1) is 12.3. The van der Waals surface area contributed by atoms with Gasteiger partial charge in [-0.1, -0.05) is 0 Å². The molecule has 1 aliphatic rings. The highest BCUT2D eigenvalue weighted by Crippen LogP contribution is 2.23. The summed E-state index contributed by atoms with van der Waals surface area (Å²) in [5, 5.41) is 3.22. The topological polar surface area (TPSA) is 100 Å². The van der Waals surface area contributed by atoms with Crippen molar-refractivity contribution in [3.05, 3.63) is 10.7 Å². The van der Waals surface area contributed by atoms with Gasteiger partial charge < -0.3 is 19.9 Å². The Morgan fingerprint density at radius 2 is 2.04 bits per heavy atom. The summed E-state index contributed by atoms with van der Waals surface area (Å²) in [4.78, 5) is 17.4. The molecule has 1 aromatic heterocycles. The maximum atomic E-state index is 11.3. The molecule has 9 nitrogen and oxygen atoms in total. The van der Waals surface area contributed by atoms with E-state index in [2.05, 4.69) is 46.0 Å². The Bertz CT molecular complexity index is 741. The van der Waals surface area contributed by atoms with Crippen LogP contribution in [-0.4, -0.2) is 87.6 Å². The molecule has 0 atom stereocenters. The number of rotatable bonds is 6. The van der Waals surface area contributed by atoms with Gasteiger partial charge in [0.25, 0.3) is 0 Å². The average molecular weight is 577 g/mol. The standard InChI is InChI=1S/C15H25BrN6O3S.HI/c1-4-17-14(18-5-10-26(3,23)24)21-6-8-22(9-7-21)15-19-11-12(16)13(20-15)25-2;/h11H,4-10H2,1-3H3,(H,17,18);1H. The summed E-state index contributed by atoms with van der Waals surface area (Å²) < 4.78 is 28.5. The maximum Gasteiger partial charge on any atom is 0.232 e. The van der Waals surface area contributed by atoms with Crippen LogP contribution in [0.2, 0.25) is 0 Å². The van der Waals surface area contributed by atoms with Gasteiger partial charge in [0, 0.05) is 39.0 Å². The van der Waals surface area contributed by atoms with E-state index in [0.717, 1.165) is 43.2 Å². The van der Waals surface area contributed by atoms with Crippen molar-refractivity contribution in [2.45, 2.75) is 6.92 Å². The first kappa shape index (κ1) is 24.1. The fraction of sp³-hybridized carbons (Fsp3) is 0.667. The molecule has 1 saturated heterocycles. The van der Waals surface area contributed by atoms with Gasteiger partial charge in [-0.3, -0.25) is 4.99 Å². The quantitative estimate of drug-likeness (QED) is 0.304. The first-order valence-corrected chi connectivity index (χ1v) is 11.2. The molecule has 0 amide bonds. The molecular formula is C15H26BrIN6O3S. The number of hydrogen-bond acceptors (Lipinski definition) is 7. The lowest BCUT2D eigenvalue weighted by atomic mass is 10.3. The van der Waals surface area contributed by atoms with Crippen molar-refractivity contribution in [2.75, 3.05) is 63.3 Å². The molecular weight excluding hydrogens is 551 g/mol. The van der Waals surface area contributed by atoms with Crippen LogP contribution in [0.25, 0.3) is 0 Å². The van der Waals surface area contributed by atoms with Crippen LogP contribution >= 0.6 is 39.9 Å². The third kappa shape index (κ3) is 7.56. The lowest BCUT2D eigenvalue weighted by Gasteiger charge is -2.36. The summed E-state index contributed by atoms with van der Waals surface area (Å²) in [5.74, 6) is 1.93. The van der Waals surface area contributed by atoms with E-state index >= 15 is 0 Å². The van der Waals surface area contributed by atoms with Crippen molar-refractivity contribution in [3.8, 4) is 5.88 Å². The second kappa shape index (κ2) is 11.2. The lowest BCUT2D eigenvalue weighted by Crippen LogP contribution is -2.53. The van der Waals surface area contributed by atoms with Crippen LogP contribution in [0.3, 0.4) is 0 Å². The second-order valence-electron chi connectivity index (χ2n) is 5.87. The minimum atomic E-state index is -3.01. The van der Waals surface area contributed by atoms with Crippen LogP contribution in [-0.2, 0) is 9.84 Å². The van der Waals surface area contributed by atoms with Crippen LogP contribution < -0.4 is 15.0 Å². The fourth-order valence-corrected chi connectivity index (χ4v) is 3.28. The summed E-state index contributed by atoms with van der Waals surface area (Å²) in [7, 11) is -1.44. The second-order valence-corrected chi connectivity index (χ2v) is 8.98. The summed E-state index contributed by atoms with van der Waals surface area (Å²) in [6.07, 6.45) is 2.91. The van der Waals surface area contributed by atoms with Gasteiger partial charge in [-0.25, -0.2) is 13.4 Å². The van der Waals surface area contributed by atoms with Crippen LogP contribution in [0.4, 0.5) is 5.95 Å². The largest absolute Gasteiger partial charge is 0.480 e. The zero-order valence-corrected chi connectivity index (χ0v) is 20.4. The van der Waals surface area contributed by atoms with Gasteiger partial charge in [0.05, 0.1) is 30.1 Å². The molecule has 0 radical (unpaired) electrons. The molecule has 2 heterocycles. The van der Waals surface area contributed by atoms with Gasteiger partial charge in [-0.2, -0.15) is 4.98 Å². The number of ether oxygens (including phenoxy) is 1. The van der Waals surface area contributed by atoms with Gasteiger partial charge >= 0.3 is 0 Å². The van der Waals surface area contributed by atoms with Gasteiger partial charge in [-0.15, -0.1) is 24.0 Å². The molecule has 27 heavy (non-hydrogen) atoms. The molecule has 1 aliphatic heterocycles. The Morgan fingerprint density at radius 3 is 2.59 bits per heavy atom. The number of hydrogen-bond donors (Lipinski definition) is 1. The number of nitrogens with one attached hydrogen (secondary N) is 1. The predicted molar refractivity (Wildman–Crippen MR) is 121 cm³/mol.